The van der Waals surface area contributed by atoms with Crippen molar-refractivity contribution in [2.45, 2.75) is 6.92 Å². The molecule has 2 aliphatic rings. The van der Waals surface area contributed by atoms with E-state index < -0.39 is 0 Å². The Hall–Kier alpha value is -2.81. The van der Waals surface area contributed by atoms with Crippen LogP contribution in [0.25, 0.3) is 0 Å². The molecule has 0 bridgehead atoms. The van der Waals surface area contributed by atoms with Gasteiger partial charge in [-0.2, -0.15) is 10.1 Å². The van der Waals surface area contributed by atoms with Crippen LogP contribution in [0.3, 0.4) is 0 Å². The smallest absolute Gasteiger partial charge is 0.229 e. The van der Waals surface area contributed by atoms with E-state index >= 15 is 0 Å². The second kappa shape index (κ2) is 6.37. The van der Waals surface area contributed by atoms with Gasteiger partial charge in [-0.1, -0.05) is 23.7 Å². The number of hydrogen-bond donors (Lipinski definition) is 1. The molecule has 2 saturated heterocycles. The molecule has 5 heterocycles. The third kappa shape index (κ3) is 2.95. The van der Waals surface area contributed by atoms with Gasteiger partial charge in [-0.05, 0) is 0 Å². The summed E-state index contributed by atoms with van der Waals surface area (Å²) >= 11 is 6.45. The first-order valence-electron chi connectivity index (χ1n) is 9.19. The fourth-order valence-corrected chi connectivity index (χ4v) is 4.51. The molecule has 2 aliphatic heterocycles. The Morgan fingerprint density at radius 1 is 1.25 bits per heavy atom. The van der Waals surface area contributed by atoms with Gasteiger partial charge in [-0.25, -0.2) is 4.98 Å². The van der Waals surface area contributed by atoms with Crippen molar-refractivity contribution in [2.75, 3.05) is 41.3 Å². The summed E-state index contributed by atoms with van der Waals surface area (Å²) in [5.74, 6) is 2.62. The van der Waals surface area contributed by atoms with Crippen LogP contribution in [0.5, 0.6) is 0 Å². The number of aromatic nitrogens is 5. The van der Waals surface area contributed by atoms with Crippen molar-refractivity contribution >= 4 is 34.9 Å². The standard InChI is InChI=1S/C18H21ClN8O/c1-18-10-26(15-3-4-22-28-15)7-12(18)8-27(11-18)16-14(19)6-20-17(24-16)23-13-5-21-25(2)9-13/h3-6,9,12H,7-8,10-11H2,1-2H3,(H,20,23,24)/t12-,18+/m0/s1. The second-order valence-electron chi connectivity index (χ2n) is 7.86. The van der Waals surface area contributed by atoms with Crippen LogP contribution in [0, 0.1) is 11.3 Å². The molecule has 28 heavy (non-hydrogen) atoms. The van der Waals surface area contributed by atoms with Crippen LogP contribution in [-0.4, -0.2) is 51.1 Å². The van der Waals surface area contributed by atoms with Crippen LogP contribution >= 0.6 is 11.6 Å². The first-order valence-corrected chi connectivity index (χ1v) is 9.57. The molecular formula is C18H21ClN8O. The molecule has 0 aliphatic carbocycles. The Bertz CT molecular complexity index is 989. The lowest BCUT2D eigenvalue weighted by Crippen LogP contribution is -2.32. The summed E-state index contributed by atoms with van der Waals surface area (Å²) in [5, 5.41) is 11.7. The van der Waals surface area contributed by atoms with Gasteiger partial charge in [0, 0.05) is 56.8 Å². The average molecular weight is 401 g/mol. The van der Waals surface area contributed by atoms with E-state index in [1.165, 1.54) is 0 Å². The summed E-state index contributed by atoms with van der Waals surface area (Å²) in [4.78, 5) is 13.5. The number of fused-ring (bicyclic) bond motifs is 1. The van der Waals surface area contributed by atoms with E-state index in [0.29, 0.717) is 16.9 Å². The minimum absolute atomic E-state index is 0.137. The Morgan fingerprint density at radius 3 is 2.79 bits per heavy atom. The van der Waals surface area contributed by atoms with Crippen LogP contribution < -0.4 is 15.1 Å². The highest BCUT2D eigenvalue weighted by Crippen LogP contribution is 2.45. The van der Waals surface area contributed by atoms with E-state index in [1.807, 2.05) is 19.3 Å². The molecule has 146 valence electrons. The molecule has 3 aromatic heterocycles. The third-order valence-electron chi connectivity index (χ3n) is 5.69. The fraction of sp³-hybridized carbons (Fsp3) is 0.444. The molecule has 5 rings (SSSR count). The van der Waals surface area contributed by atoms with Gasteiger partial charge in [0.05, 0.1) is 24.3 Å². The zero-order valence-corrected chi connectivity index (χ0v) is 16.5. The Morgan fingerprint density at radius 2 is 2.07 bits per heavy atom. The highest BCUT2D eigenvalue weighted by molar-refractivity contribution is 6.32. The summed E-state index contributed by atoms with van der Waals surface area (Å²) < 4.78 is 7.06. The van der Waals surface area contributed by atoms with Crippen molar-refractivity contribution in [3.63, 3.8) is 0 Å². The minimum Gasteiger partial charge on any atom is -0.354 e. The quantitative estimate of drug-likeness (QED) is 0.714. The van der Waals surface area contributed by atoms with Crippen molar-refractivity contribution in [1.29, 1.82) is 0 Å². The molecule has 2 atom stereocenters. The number of nitrogens with one attached hydrogen (secondary N) is 1. The van der Waals surface area contributed by atoms with Gasteiger partial charge in [0.2, 0.25) is 11.8 Å². The summed E-state index contributed by atoms with van der Waals surface area (Å²) in [6.07, 6.45) is 6.95. The first-order chi connectivity index (χ1) is 13.5. The van der Waals surface area contributed by atoms with Gasteiger partial charge in [-0.15, -0.1) is 0 Å². The molecular weight excluding hydrogens is 380 g/mol. The van der Waals surface area contributed by atoms with Crippen molar-refractivity contribution in [1.82, 2.24) is 24.9 Å². The largest absolute Gasteiger partial charge is 0.354 e. The molecule has 9 nitrogen and oxygen atoms in total. The zero-order valence-electron chi connectivity index (χ0n) is 15.7. The number of halogens is 1. The maximum Gasteiger partial charge on any atom is 0.229 e. The predicted molar refractivity (Wildman–Crippen MR) is 106 cm³/mol. The summed E-state index contributed by atoms with van der Waals surface area (Å²) in [5.41, 5.74) is 0.974. The average Bonchev–Trinajstić information content (AvgIpc) is 3.40. The second-order valence-corrected chi connectivity index (χ2v) is 8.26. The van der Waals surface area contributed by atoms with Gasteiger partial charge < -0.3 is 19.6 Å². The lowest BCUT2D eigenvalue weighted by Gasteiger charge is -2.26. The maximum atomic E-state index is 6.45. The van der Waals surface area contributed by atoms with Gasteiger partial charge in [-0.3, -0.25) is 4.68 Å². The van der Waals surface area contributed by atoms with Gasteiger partial charge in [0.1, 0.15) is 5.02 Å². The Balaban J connectivity index is 1.34. The van der Waals surface area contributed by atoms with E-state index in [2.05, 4.69) is 42.3 Å². The van der Waals surface area contributed by atoms with Crippen LogP contribution in [0.15, 0.2) is 35.4 Å². The van der Waals surface area contributed by atoms with E-state index in [4.69, 9.17) is 16.1 Å². The molecule has 10 heteroatoms. The summed E-state index contributed by atoms with van der Waals surface area (Å²) in [6.45, 7) is 5.95. The number of aryl methyl sites for hydroxylation is 1. The van der Waals surface area contributed by atoms with Gasteiger partial charge in [0.15, 0.2) is 5.82 Å². The van der Waals surface area contributed by atoms with Crippen LogP contribution in [0.1, 0.15) is 6.92 Å². The molecule has 1 N–H and O–H groups in total. The number of rotatable bonds is 4. The zero-order chi connectivity index (χ0) is 19.3. The maximum absolute atomic E-state index is 6.45. The fourth-order valence-electron chi connectivity index (χ4n) is 4.30. The Kier molecular flexibility index (Phi) is 3.94. The highest BCUT2D eigenvalue weighted by atomic mass is 35.5. The van der Waals surface area contributed by atoms with Crippen molar-refractivity contribution in [2.24, 2.45) is 18.4 Å². The number of anilines is 4. The molecule has 0 radical (unpaired) electrons. The van der Waals surface area contributed by atoms with Crippen LogP contribution in [-0.2, 0) is 7.05 Å². The van der Waals surface area contributed by atoms with Gasteiger partial charge in [0.25, 0.3) is 0 Å². The predicted octanol–water partition coefficient (Wildman–Crippen LogP) is 2.56. The van der Waals surface area contributed by atoms with Crippen LogP contribution in [0.2, 0.25) is 5.02 Å². The molecule has 0 spiro atoms. The Labute approximate surface area is 167 Å². The van der Waals surface area contributed by atoms with E-state index in [0.717, 1.165) is 43.6 Å². The molecule has 0 saturated carbocycles. The monoisotopic (exact) mass is 400 g/mol. The van der Waals surface area contributed by atoms with E-state index in [-0.39, 0.29) is 5.41 Å². The van der Waals surface area contributed by atoms with E-state index in [1.54, 1.807) is 23.3 Å². The number of hydrogen-bond acceptors (Lipinski definition) is 8. The van der Waals surface area contributed by atoms with E-state index in [9.17, 15) is 0 Å². The topological polar surface area (TPSA) is 88.1 Å². The molecule has 2 fully saturated rings. The molecule has 0 aromatic carbocycles. The highest BCUT2D eigenvalue weighted by Gasteiger charge is 2.50. The lowest BCUT2D eigenvalue weighted by atomic mass is 9.83. The van der Waals surface area contributed by atoms with Crippen LogP contribution in [0.4, 0.5) is 23.3 Å². The van der Waals surface area contributed by atoms with Crippen molar-refractivity contribution in [3.05, 3.63) is 35.9 Å². The lowest BCUT2D eigenvalue weighted by molar-refractivity contribution is 0.339. The van der Waals surface area contributed by atoms with Crippen molar-refractivity contribution < 1.29 is 4.52 Å². The molecule has 0 unspecified atom stereocenters. The third-order valence-corrected chi connectivity index (χ3v) is 5.96. The number of nitrogens with zero attached hydrogens (tertiary/aromatic N) is 7. The summed E-state index contributed by atoms with van der Waals surface area (Å²) in [7, 11) is 1.87. The molecule has 3 aromatic rings. The minimum atomic E-state index is 0.137. The first kappa shape index (κ1) is 17.3. The normalized spacial score (nSPS) is 24.0. The molecule has 0 amide bonds. The van der Waals surface area contributed by atoms with Crippen molar-refractivity contribution in [3.8, 4) is 0 Å². The SMILES string of the molecule is Cn1cc(Nc2ncc(Cl)c(N3C[C@@H]4CN(c5ccno5)C[C@]4(C)C3)n2)cn1. The van der Waals surface area contributed by atoms with Gasteiger partial charge >= 0.3 is 0 Å². The summed E-state index contributed by atoms with van der Waals surface area (Å²) in [6, 6.07) is 1.92.